The molecule has 18 heavy (non-hydrogen) atoms. The van der Waals surface area contributed by atoms with Crippen LogP contribution in [0.4, 0.5) is 0 Å². The molecule has 1 unspecified atom stereocenters. The van der Waals surface area contributed by atoms with E-state index in [1.54, 1.807) is 24.6 Å². The van der Waals surface area contributed by atoms with Gasteiger partial charge in [-0.1, -0.05) is 6.92 Å². The van der Waals surface area contributed by atoms with Gasteiger partial charge in [0.2, 0.25) is 0 Å². The highest BCUT2D eigenvalue weighted by Crippen LogP contribution is 2.32. The summed E-state index contributed by atoms with van der Waals surface area (Å²) in [6.45, 7) is 3.00. The molecule has 0 aliphatic carbocycles. The monoisotopic (exact) mass is 329 g/mol. The van der Waals surface area contributed by atoms with Gasteiger partial charge in [0.15, 0.2) is 0 Å². The second-order valence-corrected chi connectivity index (χ2v) is 5.76. The van der Waals surface area contributed by atoms with E-state index < -0.39 is 0 Å². The van der Waals surface area contributed by atoms with Crippen molar-refractivity contribution in [3.8, 4) is 5.75 Å². The van der Waals surface area contributed by atoms with Gasteiger partial charge in [0.25, 0.3) is 0 Å². The number of hydrogen-bond acceptors (Lipinski definition) is 4. The molecule has 0 radical (unpaired) electrons. The number of nitrogens with zero attached hydrogens (tertiary/aromatic N) is 2. The zero-order chi connectivity index (χ0) is 13.1. The van der Waals surface area contributed by atoms with Crippen LogP contribution >= 0.6 is 27.3 Å². The van der Waals surface area contributed by atoms with Crippen LogP contribution in [-0.4, -0.2) is 16.9 Å². The maximum absolute atomic E-state index is 6.32. The number of aryl methyl sites for hydroxylation is 1. The van der Waals surface area contributed by atoms with Gasteiger partial charge in [0.1, 0.15) is 5.75 Å². The molecule has 4 nitrogen and oxygen atoms in total. The van der Waals surface area contributed by atoms with Crippen molar-refractivity contribution < 1.29 is 4.74 Å². The topological polar surface area (TPSA) is 53.1 Å². The first-order valence-corrected chi connectivity index (χ1v) is 7.43. The number of halogens is 1. The van der Waals surface area contributed by atoms with Crippen LogP contribution in [-0.2, 0) is 6.54 Å². The van der Waals surface area contributed by atoms with E-state index in [-0.39, 0.29) is 6.04 Å². The van der Waals surface area contributed by atoms with Crippen molar-refractivity contribution in [3.05, 3.63) is 32.7 Å². The SMILES string of the molecule is CCCn1ncc(Br)c1C(N)c1cc(OC)cs1. The maximum atomic E-state index is 6.32. The molecule has 6 heteroatoms. The number of methoxy groups -OCH3 is 1. The van der Waals surface area contributed by atoms with Gasteiger partial charge in [-0.15, -0.1) is 11.3 Å². The molecule has 0 aliphatic rings. The molecule has 1 atom stereocenters. The Bertz CT molecular complexity index is 523. The average molecular weight is 330 g/mol. The molecule has 0 fully saturated rings. The van der Waals surface area contributed by atoms with E-state index in [0.717, 1.165) is 33.8 Å². The van der Waals surface area contributed by atoms with E-state index in [1.165, 1.54) is 0 Å². The highest BCUT2D eigenvalue weighted by atomic mass is 79.9. The van der Waals surface area contributed by atoms with Crippen molar-refractivity contribution in [2.75, 3.05) is 7.11 Å². The molecule has 0 spiro atoms. The zero-order valence-electron chi connectivity index (χ0n) is 10.4. The number of ether oxygens (including phenoxy) is 1. The van der Waals surface area contributed by atoms with E-state index in [4.69, 9.17) is 10.5 Å². The molecule has 0 saturated carbocycles. The van der Waals surface area contributed by atoms with Crippen LogP contribution in [0.5, 0.6) is 5.75 Å². The Hall–Kier alpha value is -0.850. The quantitative estimate of drug-likeness (QED) is 0.916. The second kappa shape index (κ2) is 5.86. The Labute approximate surface area is 119 Å². The average Bonchev–Trinajstić information content (AvgIpc) is 2.96. The Morgan fingerprint density at radius 2 is 2.39 bits per heavy atom. The van der Waals surface area contributed by atoms with Crippen molar-refractivity contribution in [2.24, 2.45) is 5.73 Å². The van der Waals surface area contributed by atoms with Crippen LogP contribution in [0.25, 0.3) is 0 Å². The van der Waals surface area contributed by atoms with E-state index in [1.807, 2.05) is 16.1 Å². The predicted octanol–water partition coefficient (Wildman–Crippen LogP) is 3.17. The van der Waals surface area contributed by atoms with Crippen molar-refractivity contribution in [3.63, 3.8) is 0 Å². The molecule has 0 aliphatic heterocycles. The Morgan fingerprint density at radius 3 is 3.00 bits per heavy atom. The van der Waals surface area contributed by atoms with Gasteiger partial charge < -0.3 is 10.5 Å². The molecular formula is C12H16BrN3OS. The van der Waals surface area contributed by atoms with Crippen LogP contribution in [0.15, 0.2) is 22.1 Å². The zero-order valence-corrected chi connectivity index (χ0v) is 12.8. The predicted molar refractivity (Wildman–Crippen MR) is 77.1 cm³/mol. The molecule has 0 bridgehead atoms. The van der Waals surface area contributed by atoms with Crippen molar-refractivity contribution in [1.82, 2.24) is 9.78 Å². The van der Waals surface area contributed by atoms with Crippen LogP contribution < -0.4 is 10.5 Å². The van der Waals surface area contributed by atoms with E-state index in [0.29, 0.717) is 0 Å². The Morgan fingerprint density at radius 1 is 1.61 bits per heavy atom. The summed E-state index contributed by atoms with van der Waals surface area (Å²) in [7, 11) is 1.66. The first kappa shape index (κ1) is 13.6. The van der Waals surface area contributed by atoms with Crippen molar-refractivity contribution in [2.45, 2.75) is 25.9 Å². The first-order valence-electron chi connectivity index (χ1n) is 5.76. The second-order valence-electron chi connectivity index (χ2n) is 3.97. The Kier molecular flexibility index (Phi) is 4.42. The van der Waals surface area contributed by atoms with Gasteiger partial charge in [-0.25, -0.2) is 0 Å². The van der Waals surface area contributed by atoms with Gasteiger partial charge in [-0.3, -0.25) is 4.68 Å². The maximum Gasteiger partial charge on any atom is 0.129 e. The summed E-state index contributed by atoms with van der Waals surface area (Å²) in [5.74, 6) is 0.850. The number of nitrogens with two attached hydrogens (primary N) is 1. The van der Waals surface area contributed by atoms with Crippen LogP contribution in [0.1, 0.15) is 30.0 Å². The van der Waals surface area contributed by atoms with Crippen LogP contribution in [0, 0.1) is 0 Å². The largest absolute Gasteiger partial charge is 0.496 e. The third-order valence-corrected chi connectivity index (χ3v) is 4.31. The minimum Gasteiger partial charge on any atom is -0.496 e. The lowest BCUT2D eigenvalue weighted by molar-refractivity contribution is 0.416. The van der Waals surface area contributed by atoms with Gasteiger partial charge in [0, 0.05) is 16.8 Å². The molecule has 0 aromatic carbocycles. The summed E-state index contributed by atoms with van der Waals surface area (Å²) < 4.78 is 8.10. The van der Waals surface area contributed by atoms with Crippen molar-refractivity contribution in [1.29, 1.82) is 0 Å². The minimum atomic E-state index is -0.178. The van der Waals surface area contributed by atoms with E-state index in [2.05, 4.69) is 28.0 Å². The van der Waals surface area contributed by atoms with Gasteiger partial charge in [-0.2, -0.15) is 5.10 Å². The fourth-order valence-corrected chi connectivity index (χ4v) is 3.21. The molecule has 98 valence electrons. The Balaban J connectivity index is 2.32. The molecule has 0 saturated heterocycles. The summed E-state index contributed by atoms with van der Waals surface area (Å²) >= 11 is 5.12. The fourth-order valence-electron chi connectivity index (χ4n) is 1.81. The van der Waals surface area contributed by atoms with Crippen molar-refractivity contribution >= 4 is 27.3 Å². The smallest absolute Gasteiger partial charge is 0.129 e. The van der Waals surface area contributed by atoms with Crippen LogP contribution in [0.2, 0.25) is 0 Å². The van der Waals surface area contributed by atoms with E-state index in [9.17, 15) is 0 Å². The number of hydrogen-bond donors (Lipinski definition) is 1. The lowest BCUT2D eigenvalue weighted by Crippen LogP contribution is -2.17. The molecule has 2 heterocycles. The van der Waals surface area contributed by atoms with E-state index >= 15 is 0 Å². The van der Waals surface area contributed by atoms with Gasteiger partial charge in [-0.05, 0) is 28.4 Å². The third kappa shape index (κ3) is 2.60. The summed E-state index contributed by atoms with van der Waals surface area (Å²) in [6, 6.07) is 1.80. The standard InChI is InChI=1S/C12H16BrN3OS/c1-3-4-16-12(9(13)6-15-16)11(14)10-5-8(17-2)7-18-10/h5-7,11H,3-4,14H2,1-2H3. The number of thiophene rings is 1. The molecule has 2 aromatic heterocycles. The molecule has 2 aromatic rings. The van der Waals surface area contributed by atoms with Gasteiger partial charge in [0.05, 0.1) is 29.5 Å². The third-order valence-electron chi connectivity index (χ3n) is 2.70. The molecule has 2 rings (SSSR count). The summed E-state index contributed by atoms with van der Waals surface area (Å²) in [5, 5.41) is 6.30. The lowest BCUT2D eigenvalue weighted by Gasteiger charge is -2.13. The summed E-state index contributed by atoms with van der Waals surface area (Å²) in [5.41, 5.74) is 7.34. The number of rotatable bonds is 5. The highest BCUT2D eigenvalue weighted by Gasteiger charge is 2.19. The molecular weight excluding hydrogens is 314 g/mol. The first-order chi connectivity index (χ1) is 8.67. The summed E-state index contributed by atoms with van der Waals surface area (Å²) in [6.07, 6.45) is 2.83. The fraction of sp³-hybridized carbons (Fsp3) is 0.417. The van der Waals surface area contributed by atoms with Gasteiger partial charge >= 0.3 is 0 Å². The minimum absolute atomic E-state index is 0.178. The number of aromatic nitrogens is 2. The highest BCUT2D eigenvalue weighted by molar-refractivity contribution is 9.10. The molecule has 2 N–H and O–H groups in total. The summed E-state index contributed by atoms with van der Waals surface area (Å²) in [4.78, 5) is 1.07. The molecule has 0 amide bonds. The lowest BCUT2D eigenvalue weighted by atomic mass is 10.2. The van der Waals surface area contributed by atoms with Crippen LogP contribution in [0.3, 0.4) is 0 Å². The normalized spacial score (nSPS) is 12.7.